The van der Waals surface area contributed by atoms with E-state index in [0.29, 0.717) is 11.5 Å². The van der Waals surface area contributed by atoms with Crippen LogP contribution in [0.4, 0.5) is 0 Å². The SMILES string of the molecule is COC(C)C1(C)CCNC1. The highest BCUT2D eigenvalue weighted by Gasteiger charge is 2.34. The van der Waals surface area contributed by atoms with Crippen molar-refractivity contribution in [3.63, 3.8) is 0 Å². The van der Waals surface area contributed by atoms with Gasteiger partial charge in [-0.2, -0.15) is 0 Å². The van der Waals surface area contributed by atoms with E-state index < -0.39 is 0 Å². The molecule has 1 heterocycles. The quantitative estimate of drug-likeness (QED) is 0.623. The van der Waals surface area contributed by atoms with Crippen molar-refractivity contribution in [2.45, 2.75) is 26.4 Å². The lowest BCUT2D eigenvalue weighted by atomic mass is 9.84. The summed E-state index contributed by atoms with van der Waals surface area (Å²) in [6.45, 7) is 6.67. The number of methoxy groups -OCH3 is 1. The molecule has 0 bridgehead atoms. The van der Waals surface area contributed by atoms with Crippen LogP contribution in [0.3, 0.4) is 0 Å². The largest absolute Gasteiger partial charge is 0.381 e. The van der Waals surface area contributed by atoms with E-state index in [2.05, 4.69) is 19.2 Å². The highest BCUT2D eigenvalue weighted by atomic mass is 16.5. The van der Waals surface area contributed by atoms with E-state index >= 15 is 0 Å². The fourth-order valence-electron chi connectivity index (χ4n) is 1.47. The van der Waals surface area contributed by atoms with E-state index in [1.165, 1.54) is 6.42 Å². The molecule has 0 spiro atoms. The number of nitrogens with one attached hydrogen (secondary N) is 1. The molecule has 0 radical (unpaired) electrons. The van der Waals surface area contributed by atoms with Crippen LogP contribution in [0.15, 0.2) is 0 Å². The molecule has 10 heavy (non-hydrogen) atoms. The van der Waals surface area contributed by atoms with Gasteiger partial charge in [-0.25, -0.2) is 0 Å². The Morgan fingerprint density at radius 1 is 1.60 bits per heavy atom. The summed E-state index contributed by atoms with van der Waals surface area (Å²) in [6.07, 6.45) is 1.62. The highest BCUT2D eigenvalue weighted by Crippen LogP contribution is 2.29. The topological polar surface area (TPSA) is 21.3 Å². The molecule has 1 rings (SSSR count). The van der Waals surface area contributed by atoms with Crippen LogP contribution in [-0.2, 0) is 4.74 Å². The molecule has 2 atom stereocenters. The fraction of sp³-hybridized carbons (Fsp3) is 1.00. The average Bonchev–Trinajstić information content (AvgIpc) is 2.36. The van der Waals surface area contributed by atoms with Crippen molar-refractivity contribution in [3.05, 3.63) is 0 Å². The molecular formula is C8H17NO. The van der Waals surface area contributed by atoms with Crippen molar-refractivity contribution in [3.8, 4) is 0 Å². The molecule has 1 aliphatic rings. The van der Waals surface area contributed by atoms with Gasteiger partial charge >= 0.3 is 0 Å². The van der Waals surface area contributed by atoms with Crippen LogP contribution in [-0.4, -0.2) is 26.3 Å². The summed E-state index contributed by atoms with van der Waals surface area (Å²) >= 11 is 0. The normalized spacial score (nSPS) is 36.3. The van der Waals surface area contributed by atoms with Crippen LogP contribution in [0.25, 0.3) is 0 Å². The fourth-order valence-corrected chi connectivity index (χ4v) is 1.47. The van der Waals surface area contributed by atoms with Gasteiger partial charge < -0.3 is 10.1 Å². The molecule has 0 saturated carbocycles. The van der Waals surface area contributed by atoms with E-state index in [-0.39, 0.29) is 0 Å². The molecule has 1 fully saturated rings. The van der Waals surface area contributed by atoms with E-state index in [0.717, 1.165) is 13.1 Å². The van der Waals surface area contributed by atoms with Crippen molar-refractivity contribution in [2.75, 3.05) is 20.2 Å². The van der Waals surface area contributed by atoms with Crippen LogP contribution < -0.4 is 5.32 Å². The van der Waals surface area contributed by atoms with Crippen LogP contribution in [0.5, 0.6) is 0 Å². The van der Waals surface area contributed by atoms with Gasteiger partial charge in [0.15, 0.2) is 0 Å². The molecule has 0 amide bonds. The maximum Gasteiger partial charge on any atom is 0.0609 e. The third-order valence-electron chi connectivity index (χ3n) is 2.74. The number of ether oxygens (including phenoxy) is 1. The summed E-state index contributed by atoms with van der Waals surface area (Å²) in [5.74, 6) is 0. The Balaban J connectivity index is 2.49. The van der Waals surface area contributed by atoms with Gasteiger partial charge in [-0.05, 0) is 19.9 Å². The molecule has 2 heteroatoms. The lowest BCUT2D eigenvalue weighted by molar-refractivity contribution is 0.0218. The molecule has 1 saturated heterocycles. The molecule has 0 aromatic heterocycles. The molecule has 1 aliphatic heterocycles. The highest BCUT2D eigenvalue weighted by molar-refractivity contribution is 4.88. The van der Waals surface area contributed by atoms with Gasteiger partial charge in [0.1, 0.15) is 0 Å². The molecule has 0 aromatic carbocycles. The van der Waals surface area contributed by atoms with Gasteiger partial charge in [0, 0.05) is 19.1 Å². The average molecular weight is 143 g/mol. The van der Waals surface area contributed by atoms with Crippen molar-refractivity contribution in [1.29, 1.82) is 0 Å². The monoisotopic (exact) mass is 143 g/mol. The Morgan fingerprint density at radius 3 is 2.70 bits per heavy atom. The molecule has 2 nitrogen and oxygen atoms in total. The Kier molecular flexibility index (Phi) is 2.32. The van der Waals surface area contributed by atoms with E-state index in [9.17, 15) is 0 Å². The standard InChI is InChI=1S/C8H17NO/c1-7(10-3)8(2)4-5-9-6-8/h7,9H,4-6H2,1-3H3. The zero-order valence-corrected chi connectivity index (χ0v) is 7.11. The zero-order valence-electron chi connectivity index (χ0n) is 7.11. The first-order valence-corrected chi connectivity index (χ1v) is 3.92. The predicted molar refractivity (Wildman–Crippen MR) is 42.1 cm³/mol. The Bertz CT molecular complexity index is 108. The number of hydrogen-bond donors (Lipinski definition) is 1. The summed E-state index contributed by atoms with van der Waals surface area (Å²) in [7, 11) is 1.79. The van der Waals surface area contributed by atoms with Crippen LogP contribution in [0.1, 0.15) is 20.3 Å². The molecule has 60 valence electrons. The second-order valence-electron chi connectivity index (χ2n) is 3.46. The van der Waals surface area contributed by atoms with Crippen molar-refractivity contribution >= 4 is 0 Å². The smallest absolute Gasteiger partial charge is 0.0609 e. The van der Waals surface area contributed by atoms with Crippen molar-refractivity contribution < 1.29 is 4.74 Å². The van der Waals surface area contributed by atoms with Gasteiger partial charge in [-0.3, -0.25) is 0 Å². The van der Waals surface area contributed by atoms with Crippen LogP contribution in [0.2, 0.25) is 0 Å². The van der Waals surface area contributed by atoms with Crippen LogP contribution >= 0.6 is 0 Å². The van der Waals surface area contributed by atoms with Gasteiger partial charge in [-0.15, -0.1) is 0 Å². The van der Waals surface area contributed by atoms with Gasteiger partial charge in [0.05, 0.1) is 6.10 Å². The van der Waals surface area contributed by atoms with Gasteiger partial charge in [0.2, 0.25) is 0 Å². The molecular weight excluding hydrogens is 126 g/mol. The maximum absolute atomic E-state index is 5.30. The minimum Gasteiger partial charge on any atom is -0.381 e. The number of rotatable bonds is 2. The lowest BCUT2D eigenvalue weighted by Gasteiger charge is -2.28. The first kappa shape index (κ1) is 8.02. The third kappa shape index (κ3) is 1.32. The molecule has 2 unspecified atom stereocenters. The summed E-state index contributed by atoms with van der Waals surface area (Å²) in [4.78, 5) is 0. The first-order valence-electron chi connectivity index (χ1n) is 3.92. The van der Waals surface area contributed by atoms with Gasteiger partial charge in [0.25, 0.3) is 0 Å². The molecule has 1 N–H and O–H groups in total. The second kappa shape index (κ2) is 2.89. The number of hydrogen-bond acceptors (Lipinski definition) is 2. The molecule has 0 aliphatic carbocycles. The maximum atomic E-state index is 5.30. The van der Waals surface area contributed by atoms with Crippen molar-refractivity contribution in [2.24, 2.45) is 5.41 Å². The Morgan fingerprint density at radius 2 is 2.30 bits per heavy atom. The summed E-state index contributed by atoms with van der Waals surface area (Å²) < 4.78 is 5.30. The van der Waals surface area contributed by atoms with E-state index in [1.54, 1.807) is 7.11 Å². The van der Waals surface area contributed by atoms with Crippen LogP contribution in [0, 0.1) is 5.41 Å². The summed E-state index contributed by atoms with van der Waals surface area (Å²) in [6, 6.07) is 0. The second-order valence-corrected chi connectivity index (χ2v) is 3.46. The lowest BCUT2D eigenvalue weighted by Crippen LogP contribution is -2.33. The van der Waals surface area contributed by atoms with Crippen molar-refractivity contribution in [1.82, 2.24) is 5.32 Å². The Hall–Kier alpha value is -0.0800. The predicted octanol–water partition coefficient (Wildman–Crippen LogP) is 1.02. The minimum absolute atomic E-state index is 0.370. The zero-order chi connectivity index (χ0) is 7.61. The molecule has 0 aromatic rings. The van der Waals surface area contributed by atoms with E-state index in [4.69, 9.17) is 4.74 Å². The van der Waals surface area contributed by atoms with Gasteiger partial charge in [-0.1, -0.05) is 6.92 Å². The summed E-state index contributed by atoms with van der Waals surface area (Å²) in [5, 5.41) is 3.35. The third-order valence-corrected chi connectivity index (χ3v) is 2.74. The van der Waals surface area contributed by atoms with E-state index in [1.807, 2.05) is 0 Å². The minimum atomic E-state index is 0.370. The first-order chi connectivity index (χ1) is 4.69. The Labute approximate surface area is 63.0 Å². The summed E-state index contributed by atoms with van der Waals surface area (Å²) in [5.41, 5.74) is 0.370.